The molecule has 122 valence electrons. The quantitative estimate of drug-likeness (QED) is 0.386. The van der Waals surface area contributed by atoms with E-state index in [1.807, 2.05) is 39.0 Å². The summed E-state index contributed by atoms with van der Waals surface area (Å²) in [4.78, 5) is 0. The van der Waals surface area contributed by atoms with Gasteiger partial charge >= 0.3 is 0 Å². The van der Waals surface area contributed by atoms with Crippen LogP contribution in [-0.4, -0.2) is 0 Å². The van der Waals surface area contributed by atoms with E-state index in [9.17, 15) is 0 Å². The minimum absolute atomic E-state index is 0.946. The fourth-order valence-electron chi connectivity index (χ4n) is 2.50. The molecule has 2 nitrogen and oxygen atoms in total. The summed E-state index contributed by atoms with van der Waals surface area (Å²) < 4.78 is 0. The Balaban J connectivity index is 0.00000211. The molecule has 0 spiro atoms. The molecule has 0 saturated heterocycles. The first-order chi connectivity index (χ1) is 10.7. The monoisotopic (exact) mass is 300 g/mol. The van der Waals surface area contributed by atoms with Gasteiger partial charge in [0.05, 0.1) is 0 Å². The predicted octanol–water partition coefficient (Wildman–Crippen LogP) is 5.50. The van der Waals surface area contributed by atoms with Crippen molar-refractivity contribution < 1.29 is 0 Å². The van der Waals surface area contributed by atoms with E-state index in [0.717, 1.165) is 25.0 Å². The molecule has 1 rings (SSSR count). The topological polar surface area (TPSA) is 38.0 Å². The number of hydrogen-bond acceptors (Lipinski definition) is 2. The van der Waals surface area contributed by atoms with E-state index in [2.05, 4.69) is 37.7 Å². The number of hydrazine groups is 1. The van der Waals surface area contributed by atoms with Crippen LogP contribution in [0.4, 0.5) is 0 Å². The average Bonchev–Trinajstić information content (AvgIpc) is 2.58. The number of nitrogens with one attached hydrogen (secondary N) is 1. The third-order valence-corrected chi connectivity index (χ3v) is 3.56. The molecule has 0 saturated carbocycles. The molecule has 0 aliphatic heterocycles. The third kappa shape index (κ3) is 5.90. The highest BCUT2D eigenvalue weighted by Crippen LogP contribution is 2.36. The summed E-state index contributed by atoms with van der Waals surface area (Å²) in [5, 5.41) is 0. The van der Waals surface area contributed by atoms with E-state index in [4.69, 9.17) is 5.84 Å². The van der Waals surface area contributed by atoms with Crippen LogP contribution in [0.5, 0.6) is 0 Å². The van der Waals surface area contributed by atoms with Gasteiger partial charge in [-0.2, -0.15) is 0 Å². The van der Waals surface area contributed by atoms with Crippen molar-refractivity contribution in [1.82, 2.24) is 5.43 Å². The molecular formula is C20H32N2. The second-order valence-corrected chi connectivity index (χ2v) is 4.92. The normalized spacial score (nSPS) is 17.8. The molecular weight excluding hydrogens is 268 g/mol. The highest BCUT2D eigenvalue weighted by molar-refractivity contribution is 5.55. The second kappa shape index (κ2) is 11.8. The van der Waals surface area contributed by atoms with Gasteiger partial charge in [0, 0.05) is 5.70 Å². The molecule has 0 aromatic heterocycles. The summed E-state index contributed by atoms with van der Waals surface area (Å²) in [5.41, 5.74) is 8.97. The van der Waals surface area contributed by atoms with Gasteiger partial charge in [-0.1, -0.05) is 58.2 Å². The zero-order chi connectivity index (χ0) is 17.0. The number of allylic oxidation sites excluding steroid dienone is 10. The van der Waals surface area contributed by atoms with Crippen LogP contribution >= 0.6 is 0 Å². The van der Waals surface area contributed by atoms with Crippen LogP contribution in [0.2, 0.25) is 0 Å². The number of nitrogens with two attached hydrogens (primary N) is 1. The summed E-state index contributed by atoms with van der Waals surface area (Å²) in [6, 6.07) is 0. The van der Waals surface area contributed by atoms with Gasteiger partial charge in [0.25, 0.3) is 0 Å². The predicted molar refractivity (Wildman–Crippen MR) is 100 cm³/mol. The molecule has 0 atom stereocenters. The molecule has 1 aliphatic carbocycles. The SMILES string of the molecule is C=C/C=C1\CCCC(C=C)=C1/C(=C/C=C(\C)NN)CC.CC. The number of rotatable bonds is 6. The molecule has 0 amide bonds. The van der Waals surface area contributed by atoms with Crippen LogP contribution in [0.25, 0.3) is 0 Å². The molecule has 1 aliphatic rings. The highest BCUT2D eigenvalue weighted by atomic mass is 15.2. The summed E-state index contributed by atoms with van der Waals surface area (Å²) >= 11 is 0. The van der Waals surface area contributed by atoms with Gasteiger partial charge < -0.3 is 5.43 Å². The molecule has 0 aromatic rings. The molecule has 0 aromatic carbocycles. The van der Waals surface area contributed by atoms with Gasteiger partial charge in [0.2, 0.25) is 0 Å². The lowest BCUT2D eigenvalue weighted by atomic mass is 9.82. The lowest BCUT2D eigenvalue weighted by molar-refractivity contribution is 0.776. The van der Waals surface area contributed by atoms with Crippen molar-refractivity contribution in [2.24, 2.45) is 5.84 Å². The van der Waals surface area contributed by atoms with E-state index in [0.29, 0.717) is 0 Å². The maximum Gasteiger partial charge on any atom is 0.0228 e. The Morgan fingerprint density at radius 3 is 2.41 bits per heavy atom. The van der Waals surface area contributed by atoms with Crippen LogP contribution in [0.1, 0.15) is 53.4 Å². The van der Waals surface area contributed by atoms with E-state index in [-0.39, 0.29) is 0 Å². The molecule has 22 heavy (non-hydrogen) atoms. The Kier molecular flexibility index (Phi) is 10.8. The maximum atomic E-state index is 5.41. The Morgan fingerprint density at radius 2 is 1.91 bits per heavy atom. The second-order valence-electron chi connectivity index (χ2n) is 4.92. The molecule has 0 fully saturated rings. The summed E-state index contributed by atoms with van der Waals surface area (Å²) in [5.74, 6) is 5.41. The van der Waals surface area contributed by atoms with Gasteiger partial charge in [-0.3, -0.25) is 5.84 Å². The van der Waals surface area contributed by atoms with Gasteiger partial charge in [0.1, 0.15) is 0 Å². The van der Waals surface area contributed by atoms with Crippen LogP contribution in [0.15, 0.2) is 71.5 Å². The zero-order valence-corrected chi connectivity index (χ0v) is 14.7. The van der Waals surface area contributed by atoms with E-state index >= 15 is 0 Å². The third-order valence-electron chi connectivity index (χ3n) is 3.56. The molecule has 3 N–H and O–H groups in total. The van der Waals surface area contributed by atoms with Crippen molar-refractivity contribution in [3.8, 4) is 0 Å². The van der Waals surface area contributed by atoms with E-state index in [1.165, 1.54) is 28.7 Å². The average molecular weight is 300 g/mol. The first-order valence-electron chi connectivity index (χ1n) is 8.19. The summed E-state index contributed by atoms with van der Waals surface area (Å²) in [7, 11) is 0. The van der Waals surface area contributed by atoms with Gasteiger partial charge in [-0.15, -0.1) is 0 Å². The minimum Gasteiger partial charge on any atom is -0.329 e. The maximum absolute atomic E-state index is 5.41. The van der Waals surface area contributed by atoms with E-state index < -0.39 is 0 Å². The summed E-state index contributed by atoms with van der Waals surface area (Å²) in [6.07, 6.45) is 14.5. The highest BCUT2D eigenvalue weighted by Gasteiger charge is 2.17. The van der Waals surface area contributed by atoms with Gasteiger partial charge in [-0.25, -0.2) is 0 Å². The molecule has 2 heteroatoms. The van der Waals surface area contributed by atoms with Crippen molar-refractivity contribution in [2.75, 3.05) is 0 Å². The largest absolute Gasteiger partial charge is 0.329 e. The molecule has 0 bridgehead atoms. The summed E-state index contributed by atoms with van der Waals surface area (Å²) in [6.45, 7) is 15.9. The van der Waals surface area contributed by atoms with Crippen molar-refractivity contribution in [3.05, 3.63) is 71.5 Å². The van der Waals surface area contributed by atoms with Crippen molar-refractivity contribution in [1.29, 1.82) is 0 Å². The molecule has 0 heterocycles. The van der Waals surface area contributed by atoms with Crippen molar-refractivity contribution in [2.45, 2.75) is 53.4 Å². The van der Waals surface area contributed by atoms with Gasteiger partial charge in [0.15, 0.2) is 0 Å². The zero-order valence-electron chi connectivity index (χ0n) is 14.7. The Morgan fingerprint density at radius 1 is 1.23 bits per heavy atom. The first-order valence-corrected chi connectivity index (χ1v) is 8.19. The van der Waals surface area contributed by atoms with Crippen molar-refractivity contribution in [3.63, 3.8) is 0 Å². The van der Waals surface area contributed by atoms with Gasteiger partial charge in [-0.05, 0) is 61.0 Å². The van der Waals surface area contributed by atoms with Crippen molar-refractivity contribution >= 4 is 0 Å². The Labute approximate surface area is 136 Å². The lowest BCUT2D eigenvalue weighted by Gasteiger charge is -2.23. The van der Waals surface area contributed by atoms with Crippen LogP contribution < -0.4 is 11.3 Å². The van der Waals surface area contributed by atoms with Crippen LogP contribution in [0.3, 0.4) is 0 Å². The molecule has 0 radical (unpaired) electrons. The first kappa shape index (κ1) is 20.2. The molecule has 0 unspecified atom stereocenters. The standard InChI is InChI=1S/C18H26N2.C2H6/c1-5-9-17-11-8-10-15(6-2)18(17)16(7-3)13-12-14(4)20-19;1-2/h5-6,9,12-13,20H,1-2,7-8,10-11,19H2,3-4H3;1-2H3/b14-12+,16-13+,17-9+;. The minimum atomic E-state index is 0.946. The smallest absolute Gasteiger partial charge is 0.0228 e. The number of hydrogen-bond donors (Lipinski definition) is 2. The fraction of sp³-hybridized carbons (Fsp3) is 0.400. The van der Waals surface area contributed by atoms with E-state index in [1.54, 1.807) is 0 Å². The Bertz CT molecular complexity index is 488. The van der Waals surface area contributed by atoms with Crippen LogP contribution in [0, 0.1) is 0 Å². The Hall–Kier alpha value is -1.80. The lowest BCUT2D eigenvalue weighted by Crippen LogP contribution is -2.18. The van der Waals surface area contributed by atoms with Crippen LogP contribution in [-0.2, 0) is 0 Å². The fourth-order valence-corrected chi connectivity index (χ4v) is 2.50.